The summed E-state index contributed by atoms with van der Waals surface area (Å²) in [5, 5.41) is 3.40. The molecule has 2 nitrogen and oxygen atoms in total. The zero-order valence-corrected chi connectivity index (χ0v) is 11.6. The molecule has 1 N–H and O–H groups in total. The normalized spacial score (nSPS) is 11.2. The molecule has 0 aliphatic carbocycles. The van der Waals surface area contributed by atoms with Gasteiger partial charge in [0.1, 0.15) is 5.82 Å². The van der Waals surface area contributed by atoms with Crippen LogP contribution >= 0.6 is 0 Å². The number of benzene rings is 1. The van der Waals surface area contributed by atoms with Crippen molar-refractivity contribution in [3.63, 3.8) is 0 Å². The van der Waals surface area contributed by atoms with Crippen LogP contribution in [0.4, 0.5) is 4.39 Å². The van der Waals surface area contributed by atoms with Gasteiger partial charge in [0.2, 0.25) is 0 Å². The topological polar surface area (TPSA) is 17.0 Å². The van der Waals surface area contributed by atoms with Crippen LogP contribution < -0.4 is 5.32 Å². The molecule has 0 saturated heterocycles. The number of halogens is 1. The maximum absolute atomic E-state index is 13.5. The fraction of sp³-hybridized carbons (Fsp3) is 0.375. The van der Waals surface area contributed by atoms with Crippen molar-refractivity contribution in [2.75, 3.05) is 6.54 Å². The van der Waals surface area contributed by atoms with Gasteiger partial charge in [-0.2, -0.15) is 0 Å². The summed E-state index contributed by atoms with van der Waals surface area (Å²) in [4.78, 5) is 0. The highest BCUT2D eigenvalue weighted by Gasteiger charge is 2.02. The minimum atomic E-state index is -0.143. The number of aromatic nitrogens is 1. The molecule has 0 unspecified atom stereocenters. The average molecular weight is 260 g/mol. The Morgan fingerprint density at radius 1 is 1.21 bits per heavy atom. The fourth-order valence-electron chi connectivity index (χ4n) is 2.02. The minimum Gasteiger partial charge on any atom is -0.349 e. The molecular formula is C16H21FN2. The van der Waals surface area contributed by atoms with Gasteiger partial charge in [-0.3, -0.25) is 0 Å². The van der Waals surface area contributed by atoms with Crippen LogP contribution in [0, 0.1) is 11.7 Å². The third-order valence-electron chi connectivity index (χ3n) is 3.00. The summed E-state index contributed by atoms with van der Waals surface area (Å²) in [6, 6.07) is 8.99. The molecule has 2 rings (SSSR count). The van der Waals surface area contributed by atoms with Crippen LogP contribution in [0.5, 0.6) is 0 Å². The van der Waals surface area contributed by atoms with Gasteiger partial charge in [-0.05, 0) is 30.2 Å². The fourth-order valence-corrected chi connectivity index (χ4v) is 2.02. The number of hydrogen-bond acceptors (Lipinski definition) is 1. The molecule has 0 amide bonds. The molecule has 0 spiro atoms. The van der Waals surface area contributed by atoms with E-state index in [-0.39, 0.29) is 5.82 Å². The first-order chi connectivity index (χ1) is 9.15. The van der Waals surface area contributed by atoms with E-state index >= 15 is 0 Å². The van der Waals surface area contributed by atoms with Gasteiger partial charge >= 0.3 is 0 Å². The van der Waals surface area contributed by atoms with E-state index in [0.29, 0.717) is 12.5 Å². The van der Waals surface area contributed by atoms with E-state index < -0.39 is 0 Å². The largest absolute Gasteiger partial charge is 0.349 e. The lowest BCUT2D eigenvalue weighted by Gasteiger charge is -2.06. The van der Waals surface area contributed by atoms with E-state index in [4.69, 9.17) is 0 Å². The van der Waals surface area contributed by atoms with Crippen LogP contribution in [0.3, 0.4) is 0 Å². The van der Waals surface area contributed by atoms with Crippen molar-refractivity contribution in [2.24, 2.45) is 5.92 Å². The van der Waals surface area contributed by atoms with E-state index in [2.05, 4.69) is 31.4 Å². The predicted octanol–water partition coefficient (Wildman–Crippen LogP) is 3.42. The maximum Gasteiger partial charge on any atom is 0.128 e. The molecule has 3 heteroatoms. The molecule has 0 aliphatic rings. The van der Waals surface area contributed by atoms with Crippen LogP contribution in [0.1, 0.15) is 25.0 Å². The first-order valence-electron chi connectivity index (χ1n) is 6.74. The van der Waals surface area contributed by atoms with Crippen molar-refractivity contribution in [3.05, 3.63) is 59.7 Å². The van der Waals surface area contributed by atoms with Gasteiger partial charge in [-0.1, -0.05) is 32.0 Å². The lowest BCUT2D eigenvalue weighted by molar-refractivity contribution is 0.552. The molecule has 19 heavy (non-hydrogen) atoms. The second-order valence-electron chi connectivity index (χ2n) is 5.31. The van der Waals surface area contributed by atoms with Gasteiger partial charge in [0, 0.05) is 31.0 Å². The summed E-state index contributed by atoms with van der Waals surface area (Å²) in [6.07, 6.45) is 4.07. The van der Waals surface area contributed by atoms with E-state index in [0.717, 1.165) is 18.7 Å². The molecule has 0 saturated carbocycles. The van der Waals surface area contributed by atoms with Crippen molar-refractivity contribution < 1.29 is 4.39 Å². The van der Waals surface area contributed by atoms with E-state index in [1.54, 1.807) is 6.07 Å². The summed E-state index contributed by atoms with van der Waals surface area (Å²) < 4.78 is 15.6. The van der Waals surface area contributed by atoms with Crippen molar-refractivity contribution in [2.45, 2.75) is 26.9 Å². The van der Waals surface area contributed by atoms with Crippen molar-refractivity contribution in [3.8, 4) is 0 Å². The summed E-state index contributed by atoms with van der Waals surface area (Å²) in [7, 11) is 0. The van der Waals surface area contributed by atoms with Crippen LogP contribution in [-0.4, -0.2) is 11.1 Å². The Labute approximate surface area is 114 Å². The molecule has 0 bridgehead atoms. The van der Waals surface area contributed by atoms with E-state index in [1.807, 2.05) is 22.9 Å². The van der Waals surface area contributed by atoms with Crippen molar-refractivity contribution >= 4 is 0 Å². The van der Waals surface area contributed by atoms with Gasteiger partial charge in [0.05, 0.1) is 0 Å². The minimum absolute atomic E-state index is 0.143. The molecule has 1 aromatic carbocycles. The molecule has 1 heterocycles. The summed E-state index contributed by atoms with van der Waals surface area (Å²) in [5.41, 5.74) is 1.96. The number of nitrogens with one attached hydrogen (secondary N) is 1. The molecule has 0 radical (unpaired) electrons. The number of rotatable bonds is 6. The van der Waals surface area contributed by atoms with E-state index in [1.165, 1.54) is 11.6 Å². The average Bonchev–Trinajstić information content (AvgIpc) is 2.79. The zero-order chi connectivity index (χ0) is 13.7. The highest BCUT2D eigenvalue weighted by atomic mass is 19.1. The smallest absolute Gasteiger partial charge is 0.128 e. The third kappa shape index (κ3) is 4.21. The molecule has 0 fully saturated rings. The van der Waals surface area contributed by atoms with Gasteiger partial charge in [-0.25, -0.2) is 4.39 Å². The molecule has 2 aromatic rings. The third-order valence-corrected chi connectivity index (χ3v) is 3.00. The summed E-state index contributed by atoms with van der Waals surface area (Å²) in [5.74, 6) is 0.510. The SMILES string of the molecule is CC(C)CNCc1ccn(Cc2ccccc2F)c1. The first-order valence-corrected chi connectivity index (χ1v) is 6.74. The molecule has 0 aliphatic heterocycles. The molecule has 1 aromatic heterocycles. The van der Waals surface area contributed by atoms with Crippen LogP contribution in [0.25, 0.3) is 0 Å². The van der Waals surface area contributed by atoms with Gasteiger partial charge < -0.3 is 9.88 Å². The Morgan fingerprint density at radius 3 is 2.74 bits per heavy atom. The van der Waals surface area contributed by atoms with Crippen molar-refractivity contribution in [1.29, 1.82) is 0 Å². The summed E-state index contributed by atoms with van der Waals surface area (Å²) in [6.45, 7) is 6.84. The Balaban J connectivity index is 1.92. The first kappa shape index (κ1) is 13.8. The Kier molecular flexibility index (Phi) is 4.74. The number of nitrogens with zero attached hydrogens (tertiary/aromatic N) is 1. The maximum atomic E-state index is 13.5. The van der Waals surface area contributed by atoms with Crippen LogP contribution in [0.15, 0.2) is 42.7 Å². The van der Waals surface area contributed by atoms with Gasteiger partial charge in [0.25, 0.3) is 0 Å². The standard InChI is InChI=1S/C16H21FN2/c1-13(2)9-18-10-14-7-8-19(11-14)12-15-5-3-4-6-16(15)17/h3-8,11,13,18H,9-10,12H2,1-2H3. The predicted molar refractivity (Wildman–Crippen MR) is 76.5 cm³/mol. The lowest BCUT2D eigenvalue weighted by Crippen LogP contribution is -2.18. The Hall–Kier alpha value is -1.61. The second kappa shape index (κ2) is 6.53. The Morgan fingerprint density at radius 2 is 2.00 bits per heavy atom. The lowest BCUT2D eigenvalue weighted by atomic mass is 10.2. The molecular weight excluding hydrogens is 239 g/mol. The van der Waals surface area contributed by atoms with Gasteiger partial charge in [0.15, 0.2) is 0 Å². The van der Waals surface area contributed by atoms with E-state index in [9.17, 15) is 4.39 Å². The van der Waals surface area contributed by atoms with Crippen LogP contribution in [0.2, 0.25) is 0 Å². The highest BCUT2D eigenvalue weighted by Crippen LogP contribution is 2.10. The zero-order valence-electron chi connectivity index (χ0n) is 11.6. The number of hydrogen-bond donors (Lipinski definition) is 1. The molecule has 102 valence electrons. The monoisotopic (exact) mass is 260 g/mol. The summed E-state index contributed by atoms with van der Waals surface area (Å²) >= 11 is 0. The Bertz CT molecular complexity index is 517. The van der Waals surface area contributed by atoms with Gasteiger partial charge in [-0.15, -0.1) is 0 Å². The van der Waals surface area contributed by atoms with Crippen LogP contribution in [-0.2, 0) is 13.1 Å². The second-order valence-corrected chi connectivity index (χ2v) is 5.31. The molecule has 0 atom stereocenters. The highest BCUT2D eigenvalue weighted by molar-refractivity contribution is 5.19. The quantitative estimate of drug-likeness (QED) is 0.842. The van der Waals surface area contributed by atoms with Crippen molar-refractivity contribution in [1.82, 2.24) is 9.88 Å².